The second-order valence-corrected chi connectivity index (χ2v) is 5.72. The number of hydrogen-bond donors (Lipinski definition) is 0. The number of benzene rings is 2. The van der Waals surface area contributed by atoms with Crippen LogP contribution in [0.1, 0.15) is 27.4 Å². The lowest BCUT2D eigenvalue weighted by Gasteiger charge is -2.27. The highest BCUT2D eigenvalue weighted by atomic mass is 16.6. The Bertz CT molecular complexity index is 811. The number of rotatable bonds is 4. The molecular formula is C18H14N2O3. The third-order valence-corrected chi connectivity index (χ3v) is 4.46. The summed E-state index contributed by atoms with van der Waals surface area (Å²) >= 11 is 0. The number of hydrogen-bond acceptors (Lipinski definition) is 4. The van der Waals surface area contributed by atoms with Gasteiger partial charge in [-0.1, -0.05) is 54.6 Å². The van der Waals surface area contributed by atoms with E-state index in [1.54, 1.807) is 48.5 Å². The summed E-state index contributed by atoms with van der Waals surface area (Å²) in [6.07, 6.45) is 0.214. The van der Waals surface area contributed by atoms with E-state index in [0.717, 1.165) is 5.56 Å². The Morgan fingerprint density at radius 3 is 2.43 bits per heavy atom. The molecule has 0 bridgehead atoms. The van der Waals surface area contributed by atoms with Gasteiger partial charge in [-0.3, -0.25) is 14.9 Å². The maximum atomic E-state index is 12.9. The maximum absolute atomic E-state index is 12.9. The van der Waals surface area contributed by atoms with Gasteiger partial charge < -0.3 is 0 Å². The predicted octanol–water partition coefficient (Wildman–Crippen LogP) is 3.00. The first-order valence-corrected chi connectivity index (χ1v) is 7.29. The first-order valence-electron chi connectivity index (χ1n) is 7.29. The molecule has 0 heterocycles. The van der Waals surface area contributed by atoms with Gasteiger partial charge in [0.25, 0.3) is 0 Å². The highest BCUT2D eigenvalue weighted by molar-refractivity contribution is 6.07. The van der Waals surface area contributed by atoms with Gasteiger partial charge in [0, 0.05) is 16.9 Å². The summed E-state index contributed by atoms with van der Waals surface area (Å²) in [6, 6.07) is 18.0. The first-order chi connectivity index (χ1) is 11.1. The highest BCUT2D eigenvalue weighted by Gasteiger charge is 2.53. The smallest absolute Gasteiger partial charge is 0.212 e. The molecule has 2 aromatic rings. The molecule has 3 rings (SSSR count). The van der Waals surface area contributed by atoms with Gasteiger partial charge >= 0.3 is 0 Å². The van der Waals surface area contributed by atoms with Crippen LogP contribution in [0, 0.1) is 26.9 Å². The Morgan fingerprint density at radius 2 is 1.83 bits per heavy atom. The Hall–Kier alpha value is -3.00. The zero-order chi connectivity index (χ0) is 16.4. The molecule has 0 amide bonds. The minimum Gasteiger partial charge on any atom is -0.292 e. The highest BCUT2D eigenvalue weighted by Crippen LogP contribution is 2.46. The van der Waals surface area contributed by atoms with Crippen molar-refractivity contribution >= 4 is 5.78 Å². The van der Waals surface area contributed by atoms with Crippen LogP contribution in [-0.4, -0.2) is 17.3 Å². The second kappa shape index (κ2) is 5.65. The molecule has 0 saturated carbocycles. The molecule has 2 unspecified atom stereocenters. The van der Waals surface area contributed by atoms with Gasteiger partial charge in [0.05, 0.1) is 12.0 Å². The van der Waals surface area contributed by atoms with Crippen LogP contribution in [-0.2, 0) is 6.42 Å². The molecule has 23 heavy (non-hydrogen) atoms. The van der Waals surface area contributed by atoms with E-state index >= 15 is 0 Å². The number of nitrogens with zero attached hydrogens (tertiary/aromatic N) is 2. The lowest BCUT2D eigenvalue weighted by atomic mass is 9.70. The van der Waals surface area contributed by atoms with Crippen molar-refractivity contribution in [1.82, 2.24) is 0 Å². The molecule has 114 valence electrons. The van der Waals surface area contributed by atoms with Crippen LogP contribution in [0.4, 0.5) is 0 Å². The summed E-state index contributed by atoms with van der Waals surface area (Å²) in [5, 5.41) is 21.0. The number of carbonyl (C=O) groups is 1. The molecule has 2 atom stereocenters. The van der Waals surface area contributed by atoms with E-state index in [1.807, 2.05) is 6.07 Å². The molecule has 0 aliphatic heterocycles. The number of ketones is 1. The zero-order valence-corrected chi connectivity index (χ0v) is 12.3. The molecular weight excluding hydrogens is 292 g/mol. The van der Waals surface area contributed by atoms with Gasteiger partial charge in [0.2, 0.25) is 6.54 Å². The number of fused-ring (bicyclic) bond motifs is 1. The van der Waals surface area contributed by atoms with Gasteiger partial charge in [-0.05, 0) is 11.1 Å². The molecule has 2 aromatic carbocycles. The molecule has 0 spiro atoms. The molecule has 5 nitrogen and oxygen atoms in total. The summed E-state index contributed by atoms with van der Waals surface area (Å²) < 4.78 is 0. The predicted molar refractivity (Wildman–Crippen MR) is 83.6 cm³/mol. The van der Waals surface area contributed by atoms with E-state index < -0.39 is 22.8 Å². The fourth-order valence-corrected chi connectivity index (χ4v) is 3.35. The Balaban J connectivity index is 2.13. The minimum atomic E-state index is -1.42. The summed E-state index contributed by atoms with van der Waals surface area (Å²) in [5.41, 5.74) is 0.506. The molecule has 0 saturated heterocycles. The van der Waals surface area contributed by atoms with Crippen LogP contribution < -0.4 is 0 Å². The van der Waals surface area contributed by atoms with Crippen LogP contribution in [0.3, 0.4) is 0 Å². The Labute approximate surface area is 133 Å². The average molecular weight is 306 g/mol. The summed E-state index contributed by atoms with van der Waals surface area (Å²) in [7, 11) is 0. The number of Topliss-reactive ketones (excluding diaryl/α,β-unsaturated/α-hetero) is 1. The third-order valence-electron chi connectivity index (χ3n) is 4.46. The molecule has 0 aromatic heterocycles. The minimum absolute atomic E-state index is 0.214. The fraction of sp³-hybridized carbons (Fsp3) is 0.222. The fourth-order valence-electron chi connectivity index (χ4n) is 3.35. The SMILES string of the molecule is N#CC1(C(C[N+](=O)[O-])c2ccccc2)Cc2ccccc2C1=O. The van der Waals surface area contributed by atoms with E-state index in [9.17, 15) is 20.2 Å². The number of nitriles is 1. The number of nitro groups is 1. The quantitative estimate of drug-likeness (QED) is 0.642. The first kappa shape index (κ1) is 14.9. The van der Waals surface area contributed by atoms with Gasteiger partial charge in [-0.15, -0.1) is 0 Å². The van der Waals surface area contributed by atoms with Crippen molar-refractivity contribution in [2.24, 2.45) is 5.41 Å². The van der Waals surface area contributed by atoms with Crippen molar-refractivity contribution in [2.75, 3.05) is 6.54 Å². The molecule has 0 N–H and O–H groups in total. The Kier molecular flexibility index (Phi) is 3.67. The maximum Gasteiger partial charge on any atom is 0.212 e. The summed E-state index contributed by atoms with van der Waals surface area (Å²) in [6.45, 7) is -0.447. The lowest BCUT2D eigenvalue weighted by molar-refractivity contribution is -0.485. The number of carbonyl (C=O) groups excluding carboxylic acids is 1. The molecule has 0 radical (unpaired) electrons. The topological polar surface area (TPSA) is 84.0 Å². The molecule has 5 heteroatoms. The van der Waals surface area contributed by atoms with Crippen molar-refractivity contribution in [1.29, 1.82) is 5.26 Å². The molecule has 1 aliphatic rings. The molecule has 1 aliphatic carbocycles. The van der Waals surface area contributed by atoms with Crippen molar-refractivity contribution in [3.8, 4) is 6.07 Å². The third kappa shape index (κ3) is 2.38. The van der Waals surface area contributed by atoms with Crippen molar-refractivity contribution in [3.63, 3.8) is 0 Å². The van der Waals surface area contributed by atoms with Crippen molar-refractivity contribution in [3.05, 3.63) is 81.4 Å². The van der Waals surface area contributed by atoms with E-state index in [-0.39, 0.29) is 12.2 Å². The molecule has 0 fully saturated rings. The van der Waals surface area contributed by atoms with Crippen LogP contribution in [0.25, 0.3) is 0 Å². The summed E-state index contributed by atoms with van der Waals surface area (Å²) in [5.74, 6) is -1.09. The zero-order valence-electron chi connectivity index (χ0n) is 12.3. The van der Waals surface area contributed by atoms with E-state index in [4.69, 9.17) is 0 Å². The monoisotopic (exact) mass is 306 g/mol. The van der Waals surface area contributed by atoms with Gasteiger partial charge in [-0.2, -0.15) is 5.26 Å². The van der Waals surface area contributed by atoms with Crippen LogP contribution in [0.15, 0.2) is 54.6 Å². The van der Waals surface area contributed by atoms with E-state index in [0.29, 0.717) is 11.1 Å². The average Bonchev–Trinajstić information content (AvgIpc) is 2.87. The Morgan fingerprint density at radius 1 is 1.17 bits per heavy atom. The summed E-state index contributed by atoms with van der Waals surface area (Å²) in [4.78, 5) is 23.6. The van der Waals surface area contributed by atoms with E-state index in [2.05, 4.69) is 6.07 Å². The van der Waals surface area contributed by atoms with Crippen LogP contribution >= 0.6 is 0 Å². The van der Waals surface area contributed by atoms with E-state index in [1.165, 1.54) is 0 Å². The van der Waals surface area contributed by atoms with Crippen LogP contribution in [0.2, 0.25) is 0 Å². The lowest BCUT2D eigenvalue weighted by Crippen LogP contribution is -2.37. The second-order valence-electron chi connectivity index (χ2n) is 5.72. The van der Waals surface area contributed by atoms with Crippen LogP contribution in [0.5, 0.6) is 0 Å². The van der Waals surface area contributed by atoms with Gasteiger partial charge in [0.1, 0.15) is 5.41 Å². The van der Waals surface area contributed by atoms with Crippen molar-refractivity contribution in [2.45, 2.75) is 12.3 Å². The van der Waals surface area contributed by atoms with Gasteiger partial charge in [-0.25, -0.2) is 0 Å². The normalized spacial score (nSPS) is 20.6. The van der Waals surface area contributed by atoms with Crippen molar-refractivity contribution < 1.29 is 9.72 Å². The largest absolute Gasteiger partial charge is 0.292 e. The standard InChI is InChI=1S/C18H14N2O3/c19-12-18(10-14-8-4-5-9-15(14)17(18)21)16(11-20(22)23)13-6-2-1-3-7-13/h1-9,16H,10-11H2. The van der Waals surface area contributed by atoms with Gasteiger partial charge in [0.15, 0.2) is 5.78 Å².